The molecule has 0 fully saturated rings. The van der Waals surface area contributed by atoms with Gasteiger partial charge >= 0.3 is 0 Å². The number of carbonyl (C=O) groups excluding carboxylic acids is 1. The average Bonchev–Trinajstić information content (AvgIpc) is 2.81. The van der Waals surface area contributed by atoms with Gasteiger partial charge < -0.3 is 20.5 Å². The van der Waals surface area contributed by atoms with Gasteiger partial charge in [0.05, 0.1) is 23.4 Å². The number of carbonyl (C=O) groups is 1. The Kier molecular flexibility index (Phi) is 10.7. The fourth-order valence-electron chi connectivity index (χ4n) is 3.08. The van der Waals surface area contributed by atoms with Crippen molar-refractivity contribution >= 4 is 40.6 Å². The molecule has 0 saturated heterocycles. The highest BCUT2D eigenvalue weighted by Crippen LogP contribution is 2.33. The van der Waals surface area contributed by atoms with Crippen molar-refractivity contribution < 1.29 is 14.3 Å². The van der Waals surface area contributed by atoms with Gasteiger partial charge in [0, 0.05) is 16.3 Å². The van der Waals surface area contributed by atoms with E-state index in [1.165, 1.54) is 6.08 Å². The summed E-state index contributed by atoms with van der Waals surface area (Å²) in [4.78, 5) is 13.4. The number of benzene rings is 2. The number of nitrogens with one attached hydrogen (secondary N) is 4. The first-order chi connectivity index (χ1) is 17.0. The minimum absolute atomic E-state index is 0.0522. The van der Waals surface area contributed by atoms with Crippen LogP contribution in [0.2, 0.25) is 0 Å². The fourth-order valence-corrected chi connectivity index (χ4v) is 3.29. The first-order valence-corrected chi connectivity index (χ1v) is 11.9. The molecule has 0 bridgehead atoms. The van der Waals surface area contributed by atoms with E-state index in [4.69, 9.17) is 43.8 Å². The van der Waals surface area contributed by atoms with Crippen LogP contribution in [-0.4, -0.2) is 24.5 Å². The highest BCUT2D eigenvalue weighted by atomic mass is 35.5. The molecule has 192 valence electrons. The molecule has 6 N–H and O–H groups in total. The second kappa shape index (κ2) is 13.5. The van der Waals surface area contributed by atoms with E-state index < -0.39 is 11.9 Å². The second-order valence-electron chi connectivity index (χ2n) is 7.90. The van der Waals surface area contributed by atoms with Crippen LogP contribution in [0.5, 0.6) is 11.5 Å². The summed E-state index contributed by atoms with van der Waals surface area (Å²) >= 11 is 11.8. The van der Waals surface area contributed by atoms with Crippen LogP contribution in [0.1, 0.15) is 37.9 Å². The van der Waals surface area contributed by atoms with Crippen molar-refractivity contribution in [2.45, 2.75) is 32.9 Å². The van der Waals surface area contributed by atoms with Gasteiger partial charge in [-0.1, -0.05) is 42.4 Å². The van der Waals surface area contributed by atoms with E-state index in [1.807, 2.05) is 20.8 Å². The largest absolute Gasteiger partial charge is 0.490 e. The molecule has 0 spiro atoms. The Hall–Kier alpha value is -3.62. The molecule has 0 aliphatic carbocycles. The van der Waals surface area contributed by atoms with Crippen LogP contribution in [0.4, 0.5) is 5.69 Å². The van der Waals surface area contributed by atoms with E-state index in [9.17, 15) is 4.79 Å². The maximum atomic E-state index is 13.4. The third-order valence-corrected chi connectivity index (χ3v) is 4.96. The minimum Gasteiger partial charge on any atom is -0.490 e. The number of nitrogens with two attached hydrogens (primary N) is 1. The highest BCUT2D eigenvalue weighted by Gasteiger charge is 2.23. The lowest BCUT2D eigenvalue weighted by atomic mass is 10.0. The number of halogens is 2. The van der Waals surface area contributed by atoms with Gasteiger partial charge in [-0.05, 0) is 68.8 Å². The smallest absolute Gasteiger partial charge is 0.265 e. The zero-order chi connectivity index (χ0) is 26.8. The Labute approximate surface area is 221 Å². The maximum absolute atomic E-state index is 13.4. The lowest BCUT2D eigenvalue weighted by Crippen LogP contribution is -2.42. The highest BCUT2D eigenvalue weighted by molar-refractivity contribution is 6.33. The summed E-state index contributed by atoms with van der Waals surface area (Å²) in [6, 6.07) is 11.3. The fraction of sp³-hybridized carbons (Fsp3) is 0.231. The zero-order valence-corrected chi connectivity index (χ0v) is 22.0. The van der Waals surface area contributed by atoms with Crippen LogP contribution in [0.3, 0.4) is 0 Å². The number of hydrogen-bond acceptors (Lipinski definition) is 6. The summed E-state index contributed by atoms with van der Waals surface area (Å²) in [5.74, 6) is 0.595. The van der Waals surface area contributed by atoms with Crippen LogP contribution in [0, 0.1) is 5.41 Å². The van der Waals surface area contributed by atoms with E-state index >= 15 is 0 Å². The van der Waals surface area contributed by atoms with Crippen LogP contribution >= 0.6 is 23.2 Å². The van der Waals surface area contributed by atoms with Crippen molar-refractivity contribution in [3.05, 3.63) is 88.6 Å². The first kappa shape index (κ1) is 28.6. The van der Waals surface area contributed by atoms with E-state index in [-0.39, 0.29) is 27.7 Å². The van der Waals surface area contributed by atoms with Crippen molar-refractivity contribution in [1.82, 2.24) is 10.9 Å². The summed E-state index contributed by atoms with van der Waals surface area (Å²) in [5, 5.41) is 11.1. The van der Waals surface area contributed by atoms with Gasteiger partial charge in [0.15, 0.2) is 11.5 Å². The molecule has 10 heteroatoms. The topological polar surface area (TPSA) is 121 Å². The molecular weight excluding hydrogens is 501 g/mol. The van der Waals surface area contributed by atoms with Crippen molar-refractivity contribution in [1.29, 1.82) is 5.41 Å². The maximum Gasteiger partial charge on any atom is 0.265 e. The van der Waals surface area contributed by atoms with Gasteiger partial charge in [-0.2, -0.15) is 0 Å². The summed E-state index contributed by atoms with van der Waals surface area (Å²) < 4.78 is 11.6. The monoisotopic (exact) mass is 531 g/mol. The number of amides is 1. The molecule has 0 saturated carbocycles. The standard InChI is InChI=1S/C26H31Cl2N5O3/c1-6-35-23-14-19(9-12-22(23)36-15(2)3)24(31-20-10-7-18(8-11-20)25(29)30)26(34)33-32-21(17(5)28)13-16(4)27/h7-15,24,31-32H,4-6H2,1-3H3,(H3,29,30)(H,33,34)/b21-13+. The number of rotatable bonds is 13. The number of nitrogen functional groups attached to an aromatic ring is 1. The molecule has 0 aliphatic heterocycles. The van der Waals surface area contributed by atoms with Crippen LogP contribution in [-0.2, 0) is 4.79 Å². The number of hydrogen-bond donors (Lipinski definition) is 5. The Balaban J connectivity index is 2.42. The lowest BCUT2D eigenvalue weighted by Gasteiger charge is -2.23. The van der Waals surface area contributed by atoms with E-state index in [1.54, 1.807) is 42.5 Å². The van der Waals surface area contributed by atoms with Crippen molar-refractivity contribution in [2.75, 3.05) is 11.9 Å². The summed E-state index contributed by atoms with van der Waals surface area (Å²) in [6.45, 7) is 13.4. The van der Waals surface area contributed by atoms with Gasteiger partial charge in [0.1, 0.15) is 11.9 Å². The number of ether oxygens (including phenoxy) is 2. The molecule has 1 amide bonds. The molecule has 0 aromatic heterocycles. The van der Waals surface area contributed by atoms with Gasteiger partial charge in [-0.3, -0.25) is 21.1 Å². The summed E-state index contributed by atoms with van der Waals surface area (Å²) in [7, 11) is 0. The number of hydrazine groups is 1. The number of anilines is 1. The predicted molar refractivity (Wildman–Crippen MR) is 147 cm³/mol. The first-order valence-electron chi connectivity index (χ1n) is 11.1. The third kappa shape index (κ3) is 8.55. The molecule has 2 aromatic carbocycles. The lowest BCUT2D eigenvalue weighted by molar-refractivity contribution is -0.122. The molecule has 0 aliphatic rings. The average molecular weight is 532 g/mol. The van der Waals surface area contributed by atoms with E-state index in [0.29, 0.717) is 34.9 Å². The van der Waals surface area contributed by atoms with Gasteiger partial charge in [0.2, 0.25) is 0 Å². The second-order valence-corrected chi connectivity index (χ2v) is 8.84. The normalized spacial score (nSPS) is 11.9. The number of amidine groups is 1. The molecule has 0 heterocycles. The van der Waals surface area contributed by atoms with E-state index in [2.05, 4.69) is 29.3 Å². The van der Waals surface area contributed by atoms with Crippen molar-refractivity contribution in [2.24, 2.45) is 5.73 Å². The number of allylic oxidation sites excluding steroid dienone is 3. The Morgan fingerprint density at radius 3 is 2.31 bits per heavy atom. The van der Waals surface area contributed by atoms with Crippen LogP contribution < -0.4 is 31.4 Å². The van der Waals surface area contributed by atoms with E-state index in [0.717, 1.165) is 0 Å². The Bertz CT molecular complexity index is 1150. The van der Waals surface area contributed by atoms with Gasteiger partial charge in [0.25, 0.3) is 5.91 Å². The summed E-state index contributed by atoms with van der Waals surface area (Å²) in [6.07, 6.45) is 1.38. The molecule has 2 rings (SSSR count). The molecule has 1 unspecified atom stereocenters. The summed E-state index contributed by atoms with van der Waals surface area (Å²) in [5.41, 5.74) is 13.0. The molecule has 36 heavy (non-hydrogen) atoms. The molecular formula is C26H31Cl2N5O3. The minimum atomic E-state index is -0.864. The van der Waals surface area contributed by atoms with Crippen LogP contribution in [0.25, 0.3) is 0 Å². The Morgan fingerprint density at radius 1 is 1.11 bits per heavy atom. The van der Waals surface area contributed by atoms with Crippen LogP contribution in [0.15, 0.2) is 77.5 Å². The zero-order valence-electron chi connectivity index (χ0n) is 20.5. The van der Waals surface area contributed by atoms with Crippen molar-refractivity contribution in [3.8, 4) is 11.5 Å². The molecule has 0 radical (unpaired) electrons. The Morgan fingerprint density at radius 2 is 1.78 bits per heavy atom. The quantitative estimate of drug-likeness (QED) is 0.103. The SMILES string of the molecule is C=C(Cl)/C=C(/NNC(=O)C(Nc1ccc(C(=N)N)cc1)c1ccc(OC(C)C)c(OCC)c1)C(=C)Cl. The van der Waals surface area contributed by atoms with Gasteiger partial charge in [-0.15, -0.1) is 0 Å². The molecule has 1 atom stereocenters. The van der Waals surface area contributed by atoms with Gasteiger partial charge in [-0.25, -0.2) is 0 Å². The third-order valence-electron chi connectivity index (χ3n) is 4.65. The predicted octanol–water partition coefficient (Wildman–Crippen LogP) is 5.32. The van der Waals surface area contributed by atoms with Crippen molar-refractivity contribution in [3.63, 3.8) is 0 Å². The molecule has 8 nitrogen and oxygen atoms in total. The molecule has 2 aromatic rings.